The normalized spacial score (nSPS) is 13.7. The Labute approximate surface area is 90.8 Å². The van der Waals surface area contributed by atoms with E-state index in [0.29, 0.717) is 11.9 Å². The van der Waals surface area contributed by atoms with E-state index in [2.05, 4.69) is 0 Å². The molecule has 0 amide bonds. The van der Waals surface area contributed by atoms with E-state index in [9.17, 15) is 9.59 Å². The highest BCUT2D eigenvalue weighted by atomic mass is 16.6. The molecule has 0 rings (SSSR count). The smallest absolute Gasteiger partial charge is 0.334 e. The standard InChI is InChI=1S/C12H18O3/c1-9(6-7-13)8-10(2)11(14)15-12(3,4)5/h6-8H,1-5H3/b9-6+,10-8+. The molecule has 0 aromatic carbocycles. The third-order valence-electron chi connectivity index (χ3n) is 1.50. The second-order valence-corrected chi connectivity index (χ2v) is 4.38. The number of rotatable bonds is 3. The van der Waals surface area contributed by atoms with Crippen LogP contribution in [0.5, 0.6) is 0 Å². The SMILES string of the molecule is CC(=C\C=O)/C=C(\C)C(=O)OC(C)(C)C. The zero-order valence-corrected chi connectivity index (χ0v) is 9.96. The molecule has 3 nitrogen and oxygen atoms in total. The Hall–Kier alpha value is -1.38. The quantitative estimate of drug-likeness (QED) is 0.311. The lowest BCUT2D eigenvalue weighted by atomic mass is 10.1. The Bertz CT molecular complexity index is 303. The van der Waals surface area contributed by atoms with Crippen LogP contribution in [0.15, 0.2) is 23.3 Å². The second-order valence-electron chi connectivity index (χ2n) is 4.38. The molecule has 0 atom stereocenters. The van der Waals surface area contributed by atoms with E-state index >= 15 is 0 Å². The first-order chi connectivity index (χ1) is 6.76. The lowest BCUT2D eigenvalue weighted by Gasteiger charge is -2.19. The van der Waals surface area contributed by atoms with Crippen LogP contribution in [-0.4, -0.2) is 17.9 Å². The molecule has 0 aliphatic rings. The number of ether oxygens (including phenoxy) is 1. The van der Waals surface area contributed by atoms with Crippen LogP contribution in [0.4, 0.5) is 0 Å². The van der Waals surface area contributed by atoms with Crippen LogP contribution in [0.1, 0.15) is 34.6 Å². The van der Waals surface area contributed by atoms with Gasteiger partial charge in [-0.1, -0.05) is 0 Å². The summed E-state index contributed by atoms with van der Waals surface area (Å²) in [5.41, 5.74) is 0.725. The van der Waals surface area contributed by atoms with E-state index in [0.717, 1.165) is 5.57 Å². The molecule has 0 spiro atoms. The minimum atomic E-state index is -0.492. The van der Waals surface area contributed by atoms with Crippen LogP contribution in [0.25, 0.3) is 0 Å². The second kappa shape index (κ2) is 5.49. The topological polar surface area (TPSA) is 43.4 Å². The van der Waals surface area contributed by atoms with Gasteiger partial charge >= 0.3 is 5.97 Å². The average Bonchev–Trinajstić information content (AvgIpc) is 2.00. The van der Waals surface area contributed by atoms with Gasteiger partial charge in [0, 0.05) is 5.57 Å². The molecule has 15 heavy (non-hydrogen) atoms. The molecule has 0 bridgehead atoms. The molecule has 0 saturated carbocycles. The monoisotopic (exact) mass is 210 g/mol. The maximum absolute atomic E-state index is 11.5. The molecule has 0 aliphatic heterocycles. The number of hydrogen-bond acceptors (Lipinski definition) is 3. The van der Waals surface area contributed by atoms with Gasteiger partial charge in [-0.15, -0.1) is 0 Å². The van der Waals surface area contributed by atoms with Crippen molar-refractivity contribution in [1.29, 1.82) is 0 Å². The summed E-state index contributed by atoms with van der Waals surface area (Å²) in [4.78, 5) is 21.7. The first-order valence-corrected chi connectivity index (χ1v) is 4.80. The van der Waals surface area contributed by atoms with Gasteiger partial charge in [-0.05, 0) is 52.3 Å². The van der Waals surface area contributed by atoms with Gasteiger partial charge in [0.2, 0.25) is 0 Å². The Morgan fingerprint density at radius 1 is 1.20 bits per heavy atom. The molecule has 0 saturated heterocycles. The fraction of sp³-hybridized carbons (Fsp3) is 0.500. The summed E-state index contributed by atoms with van der Waals surface area (Å²) in [5, 5.41) is 0. The number of carbonyl (C=O) groups is 2. The van der Waals surface area contributed by atoms with Crippen LogP contribution in [0.2, 0.25) is 0 Å². The van der Waals surface area contributed by atoms with Crippen LogP contribution >= 0.6 is 0 Å². The maximum atomic E-state index is 11.5. The summed E-state index contributed by atoms with van der Waals surface area (Å²) >= 11 is 0. The predicted octanol–water partition coefficient (Wildman–Crippen LogP) is 2.42. The number of aldehydes is 1. The molecule has 0 aromatic heterocycles. The average molecular weight is 210 g/mol. The van der Waals surface area contributed by atoms with Crippen LogP contribution in [0, 0.1) is 0 Å². The van der Waals surface area contributed by atoms with Crippen molar-refractivity contribution in [3.8, 4) is 0 Å². The molecule has 0 aliphatic carbocycles. The molecule has 0 heterocycles. The van der Waals surface area contributed by atoms with Crippen LogP contribution < -0.4 is 0 Å². The molecule has 0 radical (unpaired) electrons. The summed E-state index contributed by atoms with van der Waals surface area (Å²) in [7, 11) is 0. The van der Waals surface area contributed by atoms with Gasteiger partial charge in [0.25, 0.3) is 0 Å². The molecular formula is C12H18O3. The van der Waals surface area contributed by atoms with Crippen LogP contribution in [-0.2, 0) is 14.3 Å². The van der Waals surface area contributed by atoms with E-state index in [1.807, 2.05) is 20.8 Å². The zero-order chi connectivity index (χ0) is 12.1. The Balaban J connectivity index is 4.58. The number of hydrogen-bond donors (Lipinski definition) is 0. The highest BCUT2D eigenvalue weighted by Gasteiger charge is 2.17. The number of carbonyl (C=O) groups excluding carboxylic acids is 2. The van der Waals surface area contributed by atoms with E-state index < -0.39 is 5.60 Å². The first-order valence-electron chi connectivity index (χ1n) is 4.80. The predicted molar refractivity (Wildman–Crippen MR) is 59.4 cm³/mol. The summed E-state index contributed by atoms with van der Waals surface area (Å²) in [6.45, 7) is 8.85. The number of allylic oxidation sites excluding steroid dienone is 3. The van der Waals surface area contributed by atoms with Crippen molar-refractivity contribution in [2.45, 2.75) is 40.2 Å². The first kappa shape index (κ1) is 13.6. The van der Waals surface area contributed by atoms with Crippen LogP contribution in [0.3, 0.4) is 0 Å². The van der Waals surface area contributed by atoms with Gasteiger partial charge in [-0.3, -0.25) is 4.79 Å². The van der Waals surface area contributed by atoms with Gasteiger partial charge in [0.15, 0.2) is 0 Å². The lowest BCUT2D eigenvalue weighted by molar-refractivity contribution is -0.149. The number of esters is 1. The van der Waals surface area contributed by atoms with Gasteiger partial charge in [0.05, 0.1) is 0 Å². The van der Waals surface area contributed by atoms with Crippen molar-refractivity contribution < 1.29 is 14.3 Å². The Kier molecular flexibility index (Phi) is 4.98. The largest absolute Gasteiger partial charge is 0.457 e. The fourth-order valence-electron chi connectivity index (χ4n) is 0.914. The van der Waals surface area contributed by atoms with Gasteiger partial charge in [-0.2, -0.15) is 0 Å². The third-order valence-corrected chi connectivity index (χ3v) is 1.50. The Morgan fingerprint density at radius 3 is 2.13 bits per heavy atom. The maximum Gasteiger partial charge on any atom is 0.334 e. The minimum Gasteiger partial charge on any atom is -0.457 e. The van der Waals surface area contributed by atoms with Crippen molar-refractivity contribution in [2.75, 3.05) is 0 Å². The molecule has 84 valence electrons. The molecule has 0 aromatic rings. The summed E-state index contributed by atoms with van der Waals surface area (Å²) < 4.78 is 5.16. The molecular weight excluding hydrogens is 192 g/mol. The van der Waals surface area contributed by atoms with E-state index in [-0.39, 0.29) is 5.97 Å². The Morgan fingerprint density at radius 2 is 1.73 bits per heavy atom. The van der Waals surface area contributed by atoms with E-state index in [4.69, 9.17) is 4.74 Å². The molecule has 0 fully saturated rings. The molecule has 3 heteroatoms. The zero-order valence-electron chi connectivity index (χ0n) is 9.96. The van der Waals surface area contributed by atoms with Crippen molar-refractivity contribution in [3.05, 3.63) is 23.3 Å². The van der Waals surface area contributed by atoms with Crippen molar-refractivity contribution in [2.24, 2.45) is 0 Å². The van der Waals surface area contributed by atoms with Gasteiger partial charge < -0.3 is 4.74 Å². The van der Waals surface area contributed by atoms with E-state index in [1.54, 1.807) is 19.9 Å². The highest BCUT2D eigenvalue weighted by Crippen LogP contribution is 2.11. The van der Waals surface area contributed by atoms with Crippen molar-refractivity contribution >= 4 is 12.3 Å². The molecule has 0 unspecified atom stereocenters. The van der Waals surface area contributed by atoms with Crippen molar-refractivity contribution in [1.82, 2.24) is 0 Å². The minimum absolute atomic E-state index is 0.360. The highest BCUT2D eigenvalue weighted by molar-refractivity contribution is 5.88. The van der Waals surface area contributed by atoms with Crippen molar-refractivity contribution in [3.63, 3.8) is 0 Å². The third kappa shape index (κ3) is 6.66. The fourth-order valence-corrected chi connectivity index (χ4v) is 0.914. The summed E-state index contributed by atoms with van der Waals surface area (Å²) in [6.07, 6.45) is 3.71. The molecule has 0 N–H and O–H groups in total. The van der Waals surface area contributed by atoms with Gasteiger partial charge in [0.1, 0.15) is 11.9 Å². The van der Waals surface area contributed by atoms with Gasteiger partial charge in [-0.25, -0.2) is 4.79 Å². The summed E-state index contributed by atoms with van der Waals surface area (Å²) in [5.74, 6) is -0.360. The summed E-state index contributed by atoms with van der Waals surface area (Å²) in [6, 6.07) is 0. The van der Waals surface area contributed by atoms with E-state index in [1.165, 1.54) is 6.08 Å². The lowest BCUT2D eigenvalue weighted by Crippen LogP contribution is -2.24.